The van der Waals surface area contributed by atoms with E-state index in [2.05, 4.69) is 0 Å². The van der Waals surface area contributed by atoms with Gasteiger partial charge in [-0.2, -0.15) is 0 Å². The van der Waals surface area contributed by atoms with Crippen molar-refractivity contribution >= 4 is 23.1 Å². The number of ketones is 1. The molecule has 3 aromatic rings. The number of methoxy groups -OCH3 is 1. The number of anilines is 1. The van der Waals surface area contributed by atoms with Gasteiger partial charge in [0.15, 0.2) is 0 Å². The molecular formula is C25H21NO4. The number of Topliss-reactive ketones (excluding diaryl/α,β-unsaturated/α-hetero) is 1. The van der Waals surface area contributed by atoms with Gasteiger partial charge in [0.05, 0.1) is 18.7 Å². The maximum Gasteiger partial charge on any atom is 0.300 e. The Balaban J connectivity index is 1.93. The number of ether oxygens (including phenoxy) is 1. The van der Waals surface area contributed by atoms with Gasteiger partial charge >= 0.3 is 0 Å². The van der Waals surface area contributed by atoms with Crippen molar-refractivity contribution in [2.45, 2.75) is 13.0 Å². The van der Waals surface area contributed by atoms with Crippen molar-refractivity contribution in [3.8, 4) is 5.75 Å². The van der Waals surface area contributed by atoms with Crippen LogP contribution in [-0.4, -0.2) is 23.9 Å². The number of amides is 1. The maximum atomic E-state index is 13.1. The molecule has 5 nitrogen and oxygen atoms in total. The lowest BCUT2D eigenvalue weighted by Crippen LogP contribution is -2.29. The number of carbonyl (C=O) groups excluding carboxylic acids is 2. The van der Waals surface area contributed by atoms with Crippen molar-refractivity contribution in [2.24, 2.45) is 0 Å². The van der Waals surface area contributed by atoms with Gasteiger partial charge in [0.25, 0.3) is 11.7 Å². The van der Waals surface area contributed by atoms with Crippen molar-refractivity contribution in [1.82, 2.24) is 0 Å². The summed E-state index contributed by atoms with van der Waals surface area (Å²) in [5.74, 6) is -0.950. The zero-order valence-electron chi connectivity index (χ0n) is 16.7. The molecule has 1 saturated heterocycles. The predicted molar refractivity (Wildman–Crippen MR) is 115 cm³/mol. The second-order valence-corrected chi connectivity index (χ2v) is 7.15. The van der Waals surface area contributed by atoms with Gasteiger partial charge in [0.2, 0.25) is 0 Å². The summed E-state index contributed by atoms with van der Waals surface area (Å²) in [5.41, 5.74) is 2.86. The molecule has 1 amide bonds. The third-order valence-electron chi connectivity index (χ3n) is 5.20. The molecule has 3 aromatic carbocycles. The quantitative estimate of drug-likeness (QED) is 0.395. The van der Waals surface area contributed by atoms with Crippen molar-refractivity contribution in [1.29, 1.82) is 0 Å². The minimum absolute atomic E-state index is 0.0691. The molecule has 150 valence electrons. The molecule has 1 heterocycles. The Hall–Kier alpha value is -3.86. The molecule has 0 spiro atoms. The van der Waals surface area contributed by atoms with E-state index >= 15 is 0 Å². The molecule has 1 aliphatic heterocycles. The van der Waals surface area contributed by atoms with E-state index in [9.17, 15) is 14.7 Å². The monoisotopic (exact) mass is 399 g/mol. The van der Waals surface area contributed by atoms with Crippen molar-refractivity contribution in [3.63, 3.8) is 0 Å². The Morgan fingerprint density at radius 2 is 1.63 bits per heavy atom. The molecule has 4 rings (SSSR count). The van der Waals surface area contributed by atoms with Crippen LogP contribution in [0.3, 0.4) is 0 Å². The number of carbonyl (C=O) groups is 2. The summed E-state index contributed by atoms with van der Waals surface area (Å²) in [6.07, 6.45) is 0. The topological polar surface area (TPSA) is 66.8 Å². The van der Waals surface area contributed by atoms with E-state index in [1.165, 1.54) is 4.90 Å². The average molecular weight is 399 g/mol. The minimum atomic E-state index is -0.727. The van der Waals surface area contributed by atoms with Gasteiger partial charge in [-0.05, 0) is 48.9 Å². The molecule has 1 aliphatic rings. The molecule has 5 heteroatoms. The second-order valence-electron chi connectivity index (χ2n) is 7.15. The molecule has 0 aromatic heterocycles. The lowest BCUT2D eigenvalue weighted by atomic mass is 9.94. The number of benzene rings is 3. The number of rotatable bonds is 4. The van der Waals surface area contributed by atoms with E-state index in [0.717, 1.165) is 11.1 Å². The fourth-order valence-corrected chi connectivity index (χ4v) is 3.75. The van der Waals surface area contributed by atoms with E-state index in [-0.39, 0.29) is 11.3 Å². The van der Waals surface area contributed by atoms with E-state index in [0.29, 0.717) is 17.0 Å². The Kier molecular flexibility index (Phi) is 5.11. The third-order valence-corrected chi connectivity index (χ3v) is 5.20. The highest BCUT2D eigenvalue weighted by molar-refractivity contribution is 6.51. The van der Waals surface area contributed by atoms with Crippen LogP contribution in [0.2, 0.25) is 0 Å². The summed E-state index contributed by atoms with van der Waals surface area (Å²) in [6.45, 7) is 1.95. The van der Waals surface area contributed by atoms with Gasteiger partial charge in [-0.3, -0.25) is 14.5 Å². The molecule has 1 atom stereocenters. The fraction of sp³-hybridized carbons (Fsp3) is 0.120. The van der Waals surface area contributed by atoms with Crippen LogP contribution in [0.15, 0.2) is 84.4 Å². The number of aliphatic hydroxyl groups excluding tert-OH is 1. The summed E-state index contributed by atoms with van der Waals surface area (Å²) in [4.78, 5) is 27.5. The molecule has 1 N–H and O–H groups in total. The third kappa shape index (κ3) is 3.35. The smallest absolute Gasteiger partial charge is 0.300 e. The van der Waals surface area contributed by atoms with Crippen LogP contribution >= 0.6 is 0 Å². The zero-order chi connectivity index (χ0) is 21.3. The highest BCUT2D eigenvalue weighted by Crippen LogP contribution is 2.42. The SMILES string of the molecule is COc1ccc(/C(O)=C2/C(=O)C(=O)N(c3ccccc3)C2c2cccc(C)c2)cc1. The van der Waals surface area contributed by atoms with Gasteiger partial charge in [0.1, 0.15) is 11.5 Å². The molecule has 0 radical (unpaired) electrons. The number of nitrogens with zero attached hydrogens (tertiary/aromatic N) is 1. The summed E-state index contributed by atoms with van der Waals surface area (Å²) in [7, 11) is 1.55. The van der Waals surface area contributed by atoms with Crippen molar-refractivity contribution in [3.05, 3.63) is 101 Å². The summed E-state index contributed by atoms with van der Waals surface area (Å²) in [6, 6.07) is 22.6. The summed E-state index contributed by atoms with van der Waals surface area (Å²) < 4.78 is 5.16. The number of aryl methyl sites for hydroxylation is 1. The number of hydrogen-bond donors (Lipinski definition) is 1. The van der Waals surface area contributed by atoms with Gasteiger partial charge in [-0.15, -0.1) is 0 Å². The lowest BCUT2D eigenvalue weighted by Gasteiger charge is -2.25. The molecule has 1 fully saturated rings. The van der Waals surface area contributed by atoms with Crippen LogP contribution in [0, 0.1) is 6.92 Å². The van der Waals surface area contributed by atoms with Gasteiger partial charge < -0.3 is 9.84 Å². The van der Waals surface area contributed by atoms with Crippen LogP contribution in [0.25, 0.3) is 5.76 Å². The van der Waals surface area contributed by atoms with E-state index in [4.69, 9.17) is 4.74 Å². The molecule has 0 aliphatic carbocycles. The van der Waals surface area contributed by atoms with Crippen molar-refractivity contribution < 1.29 is 19.4 Å². The normalized spacial score (nSPS) is 17.9. The Morgan fingerprint density at radius 1 is 0.933 bits per heavy atom. The first-order chi connectivity index (χ1) is 14.5. The van der Waals surface area contributed by atoms with Gasteiger partial charge in [-0.1, -0.05) is 48.0 Å². The van der Waals surface area contributed by atoms with Crippen LogP contribution in [0.5, 0.6) is 5.75 Å². The fourth-order valence-electron chi connectivity index (χ4n) is 3.75. The van der Waals surface area contributed by atoms with Crippen LogP contribution in [-0.2, 0) is 9.59 Å². The highest BCUT2D eigenvalue weighted by atomic mass is 16.5. The van der Waals surface area contributed by atoms with Gasteiger partial charge in [0, 0.05) is 11.3 Å². The molecule has 30 heavy (non-hydrogen) atoms. The van der Waals surface area contributed by atoms with Crippen LogP contribution < -0.4 is 9.64 Å². The maximum absolute atomic E-state index is 13.1. The second kappa shape index (κ2) is 7.87. The number of hydrogen-bond acceptors (Lipinski definition) is 4. The predicted octanol–water partition coefficient (Wildman–Crippen LogP) is 4.63. The first-order valence-electron chi connectivity index (χ1n) is 9.58. The summed E-state index contributed by atoms with van der Waals surface area (Å²) >= 11 is 0. The first kappa shape index (κ1) is 19.5. The Bertz CT molecular complexity index is 1130. The van der Waals surface area contributed by atoms with E-state index in [1.54, 1.807) is 43.5 Å². The average Bonchev–Trinajstić information content (AvgIpc) is 3.04. The molecule has 0 saturated carbocycles. The number of aliphatic hydroxyl groups is 1. The van der Waals surface area contributed by atoms with Gasteiger partial charge in [-0.25, -0.2) is 0 Å². The number of para-hydroxylation sites is 1. The molecular weight excluding hydrogens is 378 g/mol. The lowest BCUT2D eigenvalue weighted by molar-refractivity contribution is -0.132. The largest absolute Gasteiger partial charge is 0.507 e. The Labute approximate surface area is 174 Å². The summed E-state index contributed by atoms with van der Waals surface area (Å²) in [5, 5.41) is 11.1. The molecule has 1 unspecified atom stereocenters. The molecule has 0 bridgehead atoms. The minimum Gasteiger partial charge on any atom is -0.507 e. The standard InChI is InChI=1S/C25H21NO4/c1-16-7-6-8-18(15-16)22-21(23(27)17-11-13-20(30-2)14-12-17)24(28)25(29)26(22)19-9-4-3-5-10-19/h3-15,22,27H,1-2H3/b23-21-. The zero-order valence-corrected chi connectivity index (χ0v) is 16.7. The van der Waals surface area contributed by atoms with Crippen LogP contribution in [0.1, 0.15) is 22.7 Å². The van der Waals surface area contributed by atoms with E-state index in [1.807, 2.05) is 49.4 Å². The first-order valence-corrected chi connectivity index (χ1v) is 9.58. The van der Waals surface area contributed by atoms with E-state index < -0.39 is 17.7 Å². The van der Waals surface area contributed by atoms with Crippen molar-refractivity contribution in [2.75, 3.05) is 12.0 Å². The highest BCUT2D eigenvalue weighted by Gasteiger charge is 2.46. The Morgan fingerprint density at radius 3 is 2.27 bits per heavy atom. The van der Waals surface area contributed by atoms with Crippen LogP contribution in [0.4, 0.5) is 5.69 Å².